The number of carbonyl (C=O) groups excluding carboxylic acids is 1. The molecule has 2 aromatic heterocycles. The predicted octanol–water partition coefficient (Wildman–Crippen LogP) is 2.93. The molecule has 0 bridgehead atoms. The Morgan fingerprint density at radius 2 is 2.19 bits per heavy atom. The van der Waals surface area contributed by atoms with Gasteiger partial charge in [-0.05, 0) is 31.2 Å². The number of hydrogen-bond donors (Lipinski definition) is 0. The Bertz CT molecular complexity index is 925. The third-order valence-electron chi connectivity index (χ3n) is 4.91. The molecule has 138 valence electrons. The van der Waals surface area contributed by atoms with Gasteiger partial charge in [-0.25, -0.2) is 4.98 Å². The first-order valence-corrected chi connectivity index (χ1v) is 9.14. The second-order valence-electron chi connectivity index (χ2n) is 6.88. The zero-order valence-corrected chi connectivity index (χ0v) is 15.2. The van der Waals surface area contributed by atoms with E-state index in [2.05, 4.69) is 20.1 Å². The van der Waals surface area contributed by atoms with Crippen LogP contribution in [-0.2, 0) is 6.42 Å². The average Bonchev–Trinajstić information content (AvgIpc) is 3.17. The van der Waals surface area contributed by atoms with Gasteiger partial charge < -0.3 is 9.42 Å². The van der Waals surface area contributed by atoms with Crippen molar-refractivity contribution >= 4 is 5.91 Å². The van der Waals surface area contributed by atoms with Gasteiger partial charge in [0.25, 0.3) is 5.91 Å². The van der Waals surface area contributed by atoms with E-state index in [0.717, 1.165) is 30.5 Å². The molecule has 0 aliphatic carbocycles. The Kier molecular flexibility index (Phi) is 4.91. The van der Waals surface area contributed by atoms with Crippen molar-refractivity contribution in [3.8, 4) is 11.4 Å². The standard InChI is InChI=1S/C20H21N5O2/c1-14-5-2-3-7-16(14)19-23-18(27-24-19)11-15-6-4-10-25(13-15)20(26)17-12-21-8-9-22-17/h2-3,5,7-9,12,15H,4,6,10-11,13H2,1H3. The predicted molar refractivity (Wildman–Crippen MR) is 98.8 cm³/mol. The normalized spacial score (nSPS) is 17.1. The molecule has 1 aromatic carbocycles. The van der Waals surface area contributed by atoms with Gasteiger partial charge in [-0.1, -0.05) is 29.4 Å². The van der Waals surface area contributed by atoms with Crippen LogP contribution in [0.5, 0.6) is 0 Å². The summed E-state index contributed by atoms with van der Waals surface area (Å²) in [6.07, 6.45) is 7.28. The number of carbonyl (C=O) groups is 1. The first kappa shape index (κ1) is 17.3. The molecule has 1 fully saturated rings. The van der Waals surface area contributed by atoms with Crippen molar-refractivity contribution in [3.05, 3.63) is 60.0 Å². The fourth-order valence-corrected chi connectivity index (χ4v) is 3.51. The van der Waals surface area contributed by atoms with Crippen LogP contribution in [0.3, 0.4) is 0 Å². The van der Waals surface area contributed by atoms with E-state index in [1.807, 2.05) is 36.1 Å². The van der Waals surface area contributed by atoms with Crippen molar-refractivity contribution in [1.29, 1.82) is 0 Å². The molecule has 0 radical (unpaired) electrons. The molecule has 1 aliphatic heterocycles. The van der Waals surface area contributed by atoms with Crippen LogP contribution in [0, 0.1) is 12.8 Å². The van der Waals surface area contributed by atoms with Crippen molar-refractivity contribution in [3.63, 3.8) is 0 Å². The second kappa shape index (κ2) is 7.65. The van der Waals surface area contributed by atoms with Crippen molar-refractivity contribution < 1.29 is 9.32 Å². The lowest BCUT2D eigenvalue weighted by atomic mass is 9.94. The summed E-state index contributed by atoms with van der Waals surface area (Å²) in [5.41, 5.74) is 2.48. The summed E-state index contributed by atoms with van der Waals surface area (Å²) in [6.45, 7) is 3.43. The molecule has 7 heteroatoms. The van der Waals surface area contributed by atoms with Crippen LogP contribution in [0.1, 0.15) is 34.8 Å². The molecule has 3 heterocycles. The quantitative estimate of drug-likeness (QED) is 0.708. The van der Waals surface area contributed by atoms with E-state index in [-0.39, 0.29) is 5.91 Å². The molecule has 27 heavy (non-hydrogen) atoms. The van der Waals surface area contributed by atoms with Gasteiger partial charge in [0.2, 0.25) is 11.7 Å². The third kappa shape index (κ3) is 3.86. The van der Waals surface area contributed by atoms with Crippen LogP contribution in [0.4, 0.5) is 0 Å². The molecule has 1 atom stereocenters. The summed E-state index contributed by atoms with van der Waals surface area (Å²) in [7, 11) is 0. The molecule has 1 unspecified atom stereocenters. The van der Waals surface area contributed by atoms with Gasteiger partial charge in [0.05, 0.1) is 6.20 Å². The summed E-state index contributed by atoms with van der Waals surface area (Å²) in [5.74, 6) is 1.46. The summed E-state index contributed by atoms with van der Waals surface area (Å²) in [5, 5.41) is 4.13. The molecule has 1 amide bonds. The molecule has 7 nitrogen and oxygen atoms in total. The van der Waals surface area contributed by atoms with Crippen molar-refractivity contribution in [1.82, 2.24) is 25.0 Å². The molecule has 3 aromatic rings. The number of rotatable bonds is 4. The van der Waals surface area contributed by atoms with Gasteiger partial charge in [0.15, 0.2) is 0 Å². The van der Waals surface area contributed by atoms with Crippen LogP contribution in [-0.4, -0.2) is 44.0 Å². The number of nitrogens with zero attached hydrogens (tertiary/aromatic N) is 5. The summed E-state index contributed by atoms with van der Waals surface area (Å²) >= 11 is 0. The lowest BCUT2D eigenvalue weighted by Crippen LogP contribution is -2.40. The fourth-order valence-electron chi connectivity index (χ4n) is 3.51. The van der Waals surface area contributed by atoms with Crippen LogP contribution in [0.2, 0.25) is 0 Å². The lowest BCUT2D eigenvalue weighted by molar-refractivity contribution is 0.0661. The van der Waals surface area contributed by atoms with Crippen molar-refractivity contribution in [2.45, 2.75) is 26.2 Å². The SMILES string of the molecule is Cc1ccccc1-c1noc(CC2CCCN(C(=O)c3cnccn3)C2)n1. The maximum Gasteiger partial charge on any atom is 0.274 e. The van der Waals surface area contributed by atoms with Crippen LogP contribution in [0.15, 0.2) is 47.4 Å². The van der Waals surface area contributed by atoms with Crippen LogP contribution < -0.4 is 0 Å². The first-order valence-electron chi connectivity index (χ1n) is 9.14. The Morgan fingerprint density at radius 1 is 1.30 bits per heavy atom. The number of amides is 1. The second-order valence-corrected chi connectivity index (χ2v) is 6.88. The largest absolute Gasteiger partial charge is 0.339 e. The number of hydrogen-bond acceptors (Lipinski definition) is 6. The minimum Gasteiger partial charge on any atom is -0.339 e. The van der Waals surface area contributed by atoms with E-state index in [1.165, 1.54) is 6.20 Å². The molecule has 4 rings (SSSR count). The van der Waals surface area contributed by atoms with Gasteiger partial charge >= 0.3 is 0 Å². The zero-order chi connectivity index (χ0) is 18.6. The number of piperidine rings is 1. The molecule has 0 N–H and O–H groups in total. The minimum atomic E-state index is -0.0704. The van der Waals surface area contributed by atoms with Gasteiger partial charge in [0.1, 0.15) is 5.69 Å². The zero-order valence-electron chi connectivity index (χ0n) is 15.2. The third-order valence-corrected chi connectivity index (χ3v) is 4.91. The molecular formula is C20H21N5O2. The fraction of sp³-hybridized carbons (Fsp3) is 0.350. The maximum absolute atomic E-state index is 12.6. The highest BCUT2D eigenvalue weighted by atomic mass is 16.5. The van der Waals surface area contributed by atoms with Crippen molar-refractivity contribution in [2.75, 3.05) is 13.1 Å². The highest BCUT2D eigenvalue weighted by Gasteiger charge is 2.27. The van der Waals surface area contributed by atoms with E-state index in [9.17, 15) is 4.79 Å². The monoisotopic (exact) mass is 363 g/mol. The van der Waals surface area contributed by atoms with Crippen molar-refractivity contribution in [2.24, 2.45) is 5.92 Å². The van der Waals surface area contributed by atoms with Gasteiger partial charge in [-0.2, -0.15) is 4.98 Å². The minimum absolute atomic E-state index is 0.0704. The number of aromatic nitrogens is 4. The van der Waals surface area contributed by atoms with E-state index in [4.69, 9.17) is 4.52 Å². The maximum atomic E-state index is 12.6. The molecule has 0 spiro atoms. The first-order chi connectivity index (χ1) is 13.2. The molecule has 0 saturated carbocycles. The smallest absolute Gasteiger partial charge is 0.274 e. The van der Waals surface area contributed by atoms with Crippen LogP contribution in [0.25, 0.3) is 11.4 Å². The van der Waals surface area contributed by atoms with E-state index in [1.54, 1.807) is 12.4 Å². The van der Waals surface area contributed by atoms with Gasteiger partial charge in [-0.15, -0.1) is 0 Å². The summed E-state index contributed by atoms with van der Waals surface area (Å²) in [6, 6.07) is 7.98. The Hall–Kier alpha value is -3.09. The Labute approximate surface area is 157 Å². The van der Waals surface area contributed by atoms with Crippen LogP contribution >= 0.6 is 0 Å². The number of likely N-dealkylation sites (tertiary alicyclic amines) is 1. The van der Waals surface area contributed by atoms with Gasteiger partial charge in [0, 0.05) is 37.5 Å². The number of aryl methyl sites for hydroxylation is 1. The van der Waals surface area contributed by atoms with E-state index < -0.39 is 0 Å². The topological polar surface area (TPSA) is 85.0 Å². The highest BCUT2D eigenvalue weighted by Crippen LogP contribution is 2.24. The Morgan fingerprint density at radius 3 is 3.00 bits per heavy atom. The lowest BCUT2D eigenvalue weighted by Gasteiger charge is -2.31. The molecular weight excluding hydrogens is 342 g/mol. The Balaban J connectivity index is 1.43. The van der Waals surface area contributed by atoms with Gasteiger partial charge in [-0.3, -0.25) is 9.78 Å². The number of benzene rings is 1. The van der Waals surface area contributed by atoms with E-state index in [0.29, 0.717) is 36.3 Å². The van der Waals surface area contributed by atoms with E-state index >= 15 is 0 Å². The highest BCUT2D eigenvalue weighted by molar-refractivity contribution is 5.92. The molecule has 1 aliphatic rings. The summed E-state index contributed by atoms with van der Waals surface area (Å²) in [4.78, 5) is 27.1. The molecule has 1 saturated heterocycles. The average molecular weight is 363 g/mol. The summed E-state index contributed by atoms with van der Waals surface area (Å²) < 4.78 is 5.47.